The molecule has 0 spiro atoms. The predicted octanol–water partition coefficient (Wildman–Crippen LogP) is 1.98. The average Bonchev–Trinajstić information content (AvgIpc) is 2.86. The van der Waals surface area contributed by atoms with Crippen LogP contribution in [-0.2, 0) is 16.1 Å². The van der Waals surface area contributed by atoms with E-state index in [0.717, 1.165) is 18.4 Å². The van der Waals surface area contributed by atoms with Crippen LogP contribution < -0.4 is 10.2 Å². The number of nitrogens with zero attached hydrogens (tertiary/aromatic N) is 1. The molecular formula is C19H26N2O5. The summed E-state index contributed by atoms with van der Waals surface area (Å²) < 4.78 is 11.3. The Labute approximate surface area is 153 Å². The van der Waals surface area contributed by atoms with E-state index in [1.165, 1.54) is 0 Å². The molecule has 1 saturated heterocycles. The summed E-state index contributed by atoms with van der Waals surface area (Å²) in [5, 5.41) is 8.82. The molecule has 1 fully saturated rings. The van der Waals surface area contributed by atoms with Crippen LogP contribution in [-0.4, -0.2) is 47.8 Å². The Morgan fingerprint density at radius 1 is 1.27 bits per heavy atom. The molecule has 0 aromatic heterocycles. The second-order valence-electron chi connectivity index (χ2n) is 7.24. The topological polar surface area (TPSA) is 88.1 Å². The van der Waals surface area contributed by atoms with E-state index in [0.29, 0.717) is 37.7 Å². The fraction of sp³-hybridized carbons (Fsp3) is 0.579. The van der Waals surface area contributed by atoms with Crippen LogP contribution in [0.3, 0.4) is 0 Å². The van der Waals surface area contributed by atoms with Crippen LogP contribution in [0.25, 0.3) is 0 Å². The van der Waals surface area contributed by atoms with Crippen LogP contribution in [0.4, 0.5) is 0 Å². The van der Waals surface area contributed by atoms with E-state index in [2.05, 4.69) is 13.8 Å². The highest BCUT2D eigenvalue weighted by Gasteiger charge is 2.35. The van der Waals surface area contributed by atoms with Gasteiger partial charge in [0.25, 0.3) is 5.91 Å². The van der Waals surface area contributed by atoms with Gasteiger partial charge in [-0.3, -0.25) is 14.8 Å². The lowest BCUT2D eigenvalue weighted by Gasteiger charge is -2.35. The van der Waals surface area contributed by atoms with Crippen molar-refractivity contribution in [1.82, 2.24) is 10.4 Å². The first-order valence-corrected chi connectivity index (χ1v) is 9.09. The summed E-state index contributed by atoms with van der Waals surface area (Å²) in [6.45, 7) is 6.25. The molecule has 7 nitrogen and oxygen atoms in total. The molecular weight excluding hydrogens is 336 g/mol. The summed E-state index contributed by atoms with van der Waals surface area (Å²) in [5.41, 5.74) is 2.81. The number of hydroxylamine groups is 1. The summed E-state index contributed by atoms with van der Waals surface area (Å²) in [7, 11) is 0. The van der Waals surface area contributed by atoms with Crippen molar-refractivity contribution < 1.29 is 24.3 Å². The normalized spacial score (nSPS) is 20.9. The van der Waals surface area contributed by atoms with E-state index in [4.69, 9.17) is 14.7 Å². The van der Waals surface area contributed by atoms with Crippen molar-refractivity contribution in [3.63, 3.8) is 0 Å². The molecule has 1 atom stereocenters. The van der Waals surface area contributed by atoms with Crippen molar-refractivity contribution in [1.29, 1.82) is 0 Å². The number of fused-ring (bicyclic) bond motifs is 1. The quantitative estimate of drug-likeness (QED) is 0.634. The van der Waals surface area contributed by atoms with E-state index in [9.17, 15) is 9.59 Å². The van der Waals surface area contributed by atoms with Gasteiger partial charge in [-0.1, -0.05) is 19.9 Å². The smallest absolute Gasteiger partial charge is 0.274 e. The lowest BCUT2D eigenvalue weighted by molar-refractivity contribution is -0.143. The van der Waals surface area contributed by atoms with Gasteiger partial charge in [0.2, 0.25) is 5.91 Å². The van der Waals surface area contributed by atoms with Crippen molar-refractivity contribution in [2.24, 2.45) is 11.8 Å². The molecule has 2 N–H and O–H groups in total. The Morgan fingerprint density at radius 3 is 2.65 bits per heavy atom. The molecule has 0 saturated carbocycles. The second-order valence-corrected chi connectivity index (χ2v) is 7.24. The van der Waals surface area contributed by atoms with Gasteiger partial charge in [0.15, 0.2) is 0 Å². The minimum atomic E-state index is -0.587. The number of nitrogens with one attached hydrogen (secondary N) is 1. The first-order chi connectivity index (χ1) is 12.5. The highest BCUT2D eigenvalue weighted by molar-refractivity contribution is 5.93. The van der Waals surface area contributed by atoms with Gasteiger partial charge in [0.1, 0.15) is 12.4 Å². The molecule has 0 unspecified atom stereocenters. The lowest BCUT2D eigenvalue weighted by Crippen LogP contribution is -2.48. The Morgan fingerprint density at radius 2 is 2.00 bits per heavy atom. The maximum Gasteiger partial charge on any atom is 0.274 e. The molecule has 142 valence electrons. The third-order valence-corrected chi connectivity index (χ3v) is 5.20. The zero-order valence-corrected chi connectivity index (χ0v) is 15.2. The summed E-state index contributed by atoms with van der Waals surface area (Å²) >= 11 is 0. The van der Waals surface area contributed by atoms with Crippen LogP contribution in [0, 0.1) is 11.8 Å². The number of hydrogen-bond acceptors (Lipinski definition) is 5. The van der Waals surface area contributed by atoms with Crippen LogP contribution in [0.2, 0.25) is 0 Å². The summed E-state index contributed by atoms with van der Waals surface area (Å²) in [4.78, 5) is 26.7. The number of ether oxygens (including phenoxy) is 2. The first kappa shape index (κ1) is 18.7. The van der Waals surface area contributed by atoms with Crippen molar-refractivity contribution >= 4 is 11.8 Å². The van der Waals surface area contributed by atoms with E-state index in [1.807, 2.05) is 4.90 Å². The maximum absolute atomic E-state index is 13.2. The fourth-order valence-corrected chi connectivity index (χ4v) is 3.56. The zero-order valence-electron chi connectivity index (χ0n) is 15.2. The average molecular weight is 362 g/mol. The fourth-order valence-electron chi connectivity index (χ4n) is 3.56. The summed E-state index contributed by atoms with van der Waals surface area (Å²) in [6, 6.07) is 4.99. The molecule has 2 amide bonds. The van der Waals surface area contributed by atoms with Crippen molar-refractivity contribution in [3.05, 3.63) is 29.3 Å². The largest absolute Gasteiger partial charge is 0.491 e. The number of carbonyl (C=O) groups excluding carboxylic acids is 2. The molecule has 26 heavy (non-hydrogen) atoms. The Hall–Kier alpha value is -2.12. The van der Waals surface area contributed by atoms with Crippen molar-refractivity contribution in [3.8, 4) is 5.75 Å². The number of amides is 2. The molecule has 2 aliphatic heterocycles. The van der Waals surface area contributed by atoms with E-state index < -0.39 is 5.91 Å². The van der Waals surface area contributed by atoms with E-state index >= 15 is 0 Å². The minimum Gasteiger partial charge on any atom is -0.491 e. The molecule has 1 aromatic carbocycles. The molecule has 1 aromatic rings. The SMILES string of the molecule is CC(C)[C@@H]1COc2cc(C(=O)NO)ccc2CN1C(=O)C1CCOCC1. The van der Waals surface area contributed by atoms with Crippen LogP contribution in [0.5, 0.6) is 5.75 Å². The van der Waals surface area contributed by atoms with E-state index in [-0.39, 0.29) is 23.8 Å². The highest BCUT2D eigenvalue weighted by atomic mass is 16.5. The molecule has 0 aliphatic carbocycles. The molecule has 0 radical (unpaired) electrons. The minimum absolute atomic E-state index is 0.00834. The molecule has 2 aliphatic rings. The van der Waals surface area contributed by atoms with Crippen LogP contribution in [0.1, 0.15) is 42.6 Å². The second kappa shape index (κ2) is 8.05. The van der Waals surface area contributed by atoms with Gasteiger partial charge in [-0.25, -0.2) is 5.48 Å². The standard InChI is InChI=1S/C19H26N2O5/c1-12(2)16-11-26-17-9-14(18(22)20-24)3-4-15(17)10-21(16)19(23)13-5-7-25-8-6-13/h3-4,9,12-13,16,24H,5-8,10-11H2,1-2H3,(H,20,22)/t16-/m0/s1. The van der Waals surface area contributed by atoms with Crippen LogP contribution in [0.15, 0.2) is 18.2 Å². The Bertz CT molecular complexity index is 670. The number of carbonyl (C=O) groups is 2. The number of benzene rings is 1. The third-order valence-electron chi connectivity index (χ3n) is 5.20. The van der Waals surface area contributed by atoms with Gasteiger partial charge in [-0.05, 0) is 30.9 Å². The molecule has 0 bridgehead atoms. The number of rotatable bonds is 3. The van der Waals surface area contributed by atoms with Gasteiger partial charge in [0, 0.05) is 36.8 Å². The molecule has 3 rings (SSSR count). The monoisotopic (exact) mass is 362 g/mol. The van der Waals surface area contributed by atoms with Gasteiger partial charge >= 0.3 is 0 Å². The van der Waals surface area contributed by atoms with Crippen LogP contribution >= 0.6 is 0 Å². The Balaban J connectivity index is 1.87. The van der Waals surface area contributed by atoms with E-state index in [1.54, 1.807) is 23.7 Å². The lowest BCUT2D eigenvalue weighted by atomic mass is 9.95. The predicted molar refractivity (Wildman–Crippen MR) is 93.9 cm³/mol. The zero-order chi connectivity index (χ0) is 18.7. The van der Waals surface area contributed by atoms with Gasteiger partial charge in [-0.15, -0.1) is 0 Å². The molecule has 2 heterocycles. The molecule has 7 heteroatoms. The first-order valence-electron chi connectivity index (χ1n) is 9.09. The number of hydrogen-bond donors (Lipinski definition) is 2. The third kappa shape index (κ3) is 3.83. The maximum atomic E-state index is 13.2. The summed E-state index contributed by atoms with van der Waals surface area (Å²) in [6.07, 6.45) is 1.51. The summed E-state index contributed by atoms with van der Waals surface area (Å²) in [5.74, 6) is 0.384. The highest BCUT2D eigenvalue weighted by Crippen LogP contribution is 2.31. The van der Waals surface area contributed by atoms with Gasteiger partial charge in [-0.2, -0.15) is 0 Å². The van der Waals surface area contributed by atoms with Gasteiger partial charge in [0.05, 0.1) is 6.04 Å². The van der Waals surface area contributed by atoms with Crippen molar-refractivity contribution in [2.45, 2.75) is 39.3 Å². The van der Waals surface area contributed by atoms with Gasteiger partial charge < -0.3 is 14.4 Å². The van der Waals surface area contributed by atoms with Crippen molar-refractivity contribution in [2.75, 3.05) is 19.8 Å². The Kier molecular flexibility index (Phi) is 5.78.